The molecule has 3 heterocycles. The third-order valence-corrected chi connectivity index (χ3v) is 6.46. The predicted molar refractivity (Wildman–Crippen MR) is 130 cm³/mol. The second-order valence-electron chi connectivity index (χ2n) is 8.76. The van der Waals surface area contributed by atoms with Crippen LogP contribution in [0.1, 0.15) is 30.3 Å². The molecule has 9 heteroatoms. The summed E-state index contributed by atoms with van der Waals surface area (Å²) in [6.45, 7) is 4.19. The zero-order chi connectivity index (χ0) is 24.4. The van der Waals surface area contributed by atoms with E-state index in [-0.39, 0.29) is 29.7 Å². The van der Waals surface area contributed by atoms with Crippen LogP contribution in [0.4, 0.5) is 0 Å². The summed E-state index contributed by atoms with van der Waals surface area (Å²) in [5.74, 6) is 0.807. The Hall–Kier alpha value is -3.88. The molecule has 0 radical (unpaired) electrons. The van der Waals surface area contributed by atoms with Gasteiger partial charge in [-0.25, -0.2) is 4.68 Å². The molecule has 2 aromatic carbocycles. The standard InChI is InChI=1S/C26H28N4O5/c1-2-3-12-30-24(31)19-9-5-4-8-18(19)23(27-30)26(33)29-15-13-28(14-16-29)25(32)22-17-34-20-10-6-7-11-21(20)35-22/h4-11,22H,2-3,12-17H2,1H3/t22-/m1/s1. The molecule has 0 unspecified atom stereocenters. The van der Waals surface area contributed by atoms with E-state index in [0.29, 0.717) is 55.0 Å². The predicted octanol–water partition coefficient (Wildman–Crippen LogP) is 2.32. The third-order valence-electron chi connectivity index (χ3n) is 6.46. The van der Waals surface area contributed by atoms with Gasteiger partial charge in [0.25, 0.3) is 17.4 Å². The van der Waals surface area contributed by atoms with Crippen LogP contribution in [0.5, 0.6) is 11.5 Å². The van der Waals surface area contributed by atoms with Gasteiger partial charge in [0.05, 0.1) is 5.39 Å². The summed E-state index contributed by atoms with van der Waals surface area (Å²) in [5, 5.41) is 5.50. The molecule has 0 aliphatic carbocycles. The Bertz CT molecular complexity index is 1310. The quantitative estimate of drug-likeness (QED) is 0.561. The Kier molecular flexibility index (Phi) is 6.39. The van der Waals surface area contributed by atoms with Gasteiger partial charge in [-0.2, -0.15) is 5.10 Å². The first-order chi connectivity index (χ1) is 17.1. The number of carbonyl (C=O) groups excluding carboxylic acids is 2. The Morgan fingerprint density at radius 1 is 0.943 bits per heavy atom. The largest absolute Gasteiger partial charge is 0.485 e. The molecule has 0 saturated carbocycles. The van der Waals surface area contributed by atoms with Crippen molar-refractivity contribution in [1.29, 1.82) is 0 Å². The first-order valence-corrected chi connectivity index (χ1v) is 12.0. The summed E-state index contributed by atoms with van der Waals surface area (Å²) >= 11 is 0. The van der Waals surface area contributed by atoms with Crippen molar-refractivity contribution in [2.75, 3.05) is 32.8 Å². The van der Waals surface area contributed by atoms with E-state index in [9.17, 15) is 14.4 Å². The number of para-hydroxylation sites is 2. The number of piperazine rings is 1. The fraction of sp³-hybridized carbons (Fsp3) is 0.385. The number of hydrogen-bond acceptors (Lipinski definition) is 6. The van der Waals surface area contributed by atoms with Crippen LogP contribution in [0, 0.1) is 0 Å². The Labute approximate surface area is 202 Å². The van der Waals surface area contributed by atoms with Gasteiger partial charge in [0.1, 0.15) is 6.61 Å². The molecule has 2 aliphatic heterocycles. The second kappa shape index (κ2) is 9.77. The first-order valence-electron chi connectivity index (χ1n) is 12.0. The van der Waals surface area contributed by atoms with Crippen LogP contribution in [0.2, 0.25) is 0 Å². The molecule has 0 spiro atoms. The maximum Gasteiger partial charge on any atom is 0.275 e. The van der Waals surface area contributed by atoms with Crippen molar-refractivity contribution in [2.45, 2.75) is 32.4 Å². The Morgan fingerprint density at radius 2 is 1.60 bits per heavy atom. The Morgan fingerprint density at radius 3 is 2.34 bits per heavy atom. The first kappa shape index (κ1) is 22.9. The topological polar surface area (TPSA) is 94.0 Å². The Balaban J connectivity index is 1.29. The molecule has 1 atom stereocenters. The van der Waals surface area contributed by atoms with Crippen LogP contribution in [-0.2, 0) is 11.3 Å². The lowest BCUT2D eigenvalue weighted by molar-refractivity contribution is -0.142. The van der Waals surface area contributed by atoms with E-state index < -0.39 is 6.10 Å². The van der Waals surface area contributed by atoms with Gasteiger partial charge in [-0.1, -0.05) is 43.7 Å². The maximum absolute atomic E-state index is 13.5. The monoisotopic (exact) mass is 476 g/mol. The van der Waals surface area contributed by atoms with Gasteiger partial charge in [-0.05, 0) is 24.6 Å². The van der Waals surface area contributed by atoms with Gasteiger partial charge >= 0.3 is 0 Å². The molecule has 3 aromatic rings. The smallest absolute Gasteiger partial charge is 0.275 e. The highest BCUT2D eigenvalue weighted by Crippen LogP contribution is 2.31. The number of hydrogen-bond donors (Lipinski definition) is 0. The summed E-state index contributed by atoms with van der Waals surface area (Å²) in [5.41, 5.74) is 0.0917. The molecule has 9 nitrogen and oxygen atoms in total. The van der Waals surface area contributed by atoms with E-state index in [0.717, 1.165) is 12.8 Å². The molecule has 5 rings (SSSR count). The number of benzene rings is 2. The normalized spacial score (nSPS) is 17.5. The zero-order valence-corrected chi connectivity index (χ0v) is 19.7. The fourth-order valence-electron chi connectivity index (χ4n) is 4.48. The number of aromatic nitrogens is 2. The van der Waals surface area contributed by atoms with E-state index >= 15 is 0 Å². The molecule has 1 fully saturated rings. The number of rotatable bonds is 5. The van der Waals surface area contributed by atoms with Crippen molar-refractivity contribution in [2.24, 2.45) is 0 Å². The lowest BCUT2D eigenvalue weighted by Crippen LogP contribution is -2.55. The van der Waals surface area contributed by atoms with Gasteiger partial charge in [0.15, 0.2) is 17.2 Å². The molecule has 2 amide bonds. The van der Waals surface area contributed by atoms with Gasteiger partial charge in [-0.3, -0.25) is 14.4 Å². The number of fused-ring (bicyclic) bond motifs is 2. The number of unbranched alkanes of at least 4 members (excludes halogenated alkanes) is 1. The van der Waals surface area contributed by atoms with Crippen LogP contribution in [0.3, 0.4) is 0 Å². The average Bonchev–Trinajstić information content (AvgIpc) is 2.92. The number of ether oxygens (including phenoxy) is 2. The van der Waals surface area contributed by atoms with Crippen molar-refractivity contribution in [3.63, 3.8) is 0 Å². The van der Waals surface area contributed by atoms with Crippen molar-refractivity contribution < 1.29 is 19.1 Å². The molecule has 0 N–H and O–H groups in total. The summed E-state index contributed by atoms with van der Waals surface area (Å²) in [6.07, 6.45) is 1.01. The highest BCUT2D eigenvalue weighted by Gasteiger charge is 2.34. The second-order valence-corrected chi connectivity index (χ2v) is 8.76. The number of aryl methyl sites for hydroxylation is 1. The molecule has 182 valence electrons. The minimum atomic E-state index is -0.708. The molecular weight excluding hydrogens is 448 g/mol. The van der Waals surface area contributed by atoms with E-state index in [4.69, 9.17) is 9.47 Å². The van der Waals surface area contributed by atoms with Crippen molar-refractivity contribution in [1.82, 2.24) is 19.6 Å². The van der Waals surface area contributed by atoms with Crippen LogP contribution >= 0.6 is 0 Å². The molecular formula is C26H28N4O5. The fourth-order valence-corrected chi connectivity index (χ4v) is 4.48. The average molecular weight is 477 g/mol. The lowest BCUT2D eigenvalue weighted by atomic mass is 10.1. The highest BCUT2D eigenvalue weighted by atomic mass is 16.6. The minimum Gasteiger partial charge on any atom is -0.485 e. The molecule has 0 bridgehead atoms. The van der Waals surface area contributed by atoms with Crippen molar-refractivity contribution in [3.8, 4) is 11.5 Å². The summed E-state index contributed by atoms with van der Waals surface area (Å²) < 4.78 is 12.9. The highest BCUT2D eigenvalue weighted by molar-refractivity contribution is 6.04. The van der Waals surface area contributed by atoms with Crippen molar-refractivity contribution >= 4 is 22.6 Å². The number of nitrogens with zero attached hydrogens (tertiary/aromatic N) is 4. The SMILES string of the molecule is CCCCn1nc(C(=O)N2CCN(C(=O)[C@H]3COc4ccccc4O3)CC2)c2ccccc2c1=O. The van der Waals surface area contributed by atoms with Crippen LogP contribution in [0.25, 0.3) is 10.8 Å². The van der Waals surface area contributed by atoms with Crippen molar-refractivity contribution in [3.05, 3.63) is 64.6 Å². The van der Waals surface area contributed by atoms with Crippen LogP contribution in [0.15, 0.2) is 53.3 Å². The van der Waals surface area contributed by atoms with Crippen LogP contribution < -0.4 is 15.0 Å². The molecule has 2 aliphatic rings. The number of carbonyl (C=O) groups is 2. The van der Waals surface area contributed by atoms with Crippen LogP contribution in [-0.4, -0.2) is 70.3 Å². The van der Waals surface area contributed by atoms with Gasteiger partial charge < -0.3 is 19.3 Å². The summed E-state index contributed by atoms with van der Waals surface area (Å²) in [4.78, 5) is 42.7. The van der Waals surface area contributed by atoms with Gasteiger partial charge in [0.2, 0.25) is 6.10 Å². The van der Waals surface area contributed by atoms with E-state index in [1.165, 1.54) is 4.68 Å². The number of amides is 2. The van der Waals surface area contributed by atoms with E-state index in [2.05, 4.69) is 5.10 Å². The summed E-state index contributed by atoms with van der Waals surface area (Å²) in [6, 6.07) is 14.4. The van der Waals surface area contributed by atoms with E-state index in [1.54, 1.807) is 40.1 Å². The van der Waals surface area contributed by atoms with Gasteiger partial charge in [0, 0.05) is 38.1 Å². The molecule has 1 aromatic heterocycles. The zero-order valence-electron chi connectivity index (χ0n) is 19.7. The minimum absolute atomic E-state index is 0.150. The van der Waals surface area contributed by atoms with Gasteiger partial charge in [-0.15, -0.1) is 0 Å². The molecule has 1 saturated heterocycles. The maximum atomic E-state index is 13.5. The van der Waals surface area contributed by atoms with E-state index in [1.807, 2.05) is 25.1 Å². The third kappa shape index (κ3) is 4.45. The lowest BCUT2D eigenvalue weighted by Gasteiger charge is -2.37. The molecule has 35 heavy (non-hydrogen) atoms. The summed E-state index contributed by atoms with van der Waals surface area (Å²) in [7, 11) is 0.